The number of carbonyl (C=O) groups excluding carboxylic acids is 3. The van der Waals surface area contributed by atoms with Crippen LogP contribution in [0.1, 0.15) is 39.3 Å². The van der Waals surface area contributed by atoms with Crippen molar-refractivity contribution < 1.29 is 14.4 Å². The van der Waals surface area contributed by atoms with E-state index in [1.165, 1.54) is 28.6 Å². The molecule has 12 heteroatoms. The molecule has 0 bridgehead atoms. The van der Waals surface area contributed by atoms with Crippen LogP contribution in [0.5, 0.6) is 0 Å². The number of H-pyrrole nitrogens is 1. The molecule has 1 fully saturated rings. The van der Waals surface area contributed by atoms with Crippen LogP contribution < -0.4 is 11.1 Å². The standard InChI is InChI=1S/C25H28N8O3S/c1-13-10-33(23(35)22(34)30-17-9-27-21(26)15-8-29-31-20(15)17)18(11-32(13)24(36)25(2,3)4)14-5-6-19-16(7-14)28-12-37-19/h5-9,12-13,18H,10-11H2,1-4H3,(H2,26,27)(H,29,31)(H,30,34)/t13-,18-/m1/s1. The second-order valence-corrected chi connectivity index (χ2v) is 11.2. The van der Waals surface area contributed by atoms with E-state index in [2.05, 4.69) is 25.5 Å². The van der Waals surface area contributed by atoms with E-state index in [9.17, 15) is 14.4 Å². The van der Waals surface area contributed by atoms with Gasteiger partial charge in [0.1, 0.15) is 5.82 Å². The number of hydrogen-bond donors (Lipinski definition) is 3. The number of piperazine rings is 1. The lowest BCUT2D eigenvalue weighted by Gasteiger charge is -2.46. The number of anilines is 2. The van der Waals surface area contributed by atoms with Crippen LogP contribution in [-0.4, -0.2) is 66.8 Å². The Labute approximate surface area is 217 Å². The highest BCUT2D eigenvalue weighted by atomic mass is 32.1. The van der Waals surface area contributed by atoms with Gasteiger partial charge in [0.15, 0.2) is 0 Å². The Morgan fingerprint density at radius 1 is 1.14 bits per heavy atom. The number of benzene rings is 1. The van der Waals surface area contributed by atoms with Gasteiger partial charge >= 0.3 is 11.8 Å². The lowest BCUT2D eigenvalue weighted by Crippen LogP contribution is -2.60. The molecule has 1 aliphatic rings. The summed E-state index contributed by atoms with van der Waals surface area (Å²) in [5.41, 5.74) is 9.45. The van der Waals surface area contributed by atoms with Crippen molar-refractivity contribution in [3.8, 4) is 0 Å². The number of nitrogens with zero attached hydrogens (tertiary/aromatic N) is 5. The third-order valence-corrected chi connectivity index (χ3v) is 7.41. The Balaban J connectivity index is 1.47. The van der Waals surface area contributed by atoms with E-state index in [0.717, 1.165) is 15.8 Å². The maximum Gasteiger partial charge on any atom is 0.314 e. The average molecular weight is 521 g/mol. The first-order valence-corrected chi connectivity index (χ1v) is 12.8. The summed E-state index contributed by atoms with van der Waals surface area (Å²) in [5.74, 6) is -1.27. The topological polar surface area (TPSA) is 150 Å². The van der Waals surface area contributed by atoms with Gasteiger partial charge in [0.05, 0.1) is 50.8 Å². The number of amides is 3. The molecule has 0 aliphatic carbocycles. The first-order valence-electron chi connectivity index (χ1n) is 11.9. The Hall–Kier alpha value is -4.06. The molecule has 37 heavy (non-hydrogen) atoms. The van der Waals surface area contributed by atoms with Crippen molar-refractivity contribution in [3.63, 3.8) is 0 Å². The van der Waals surface area contributed by atoms with Crippen LogP contribution in [0.3, 0.4) is 0 Å². The van der Waals surface area contributed by atoms with Crippen molar-refractivity contribution in [1.82, 2.24) is 30.0 Å². The van der Waals surface area contributed by atoms with Crippen molar-refractivity contribution >= 4 is 61.7 Å². The number of nitrogen functional groups attached to an aromatic ring is 1. The Bertz CT molecular complexity index is 1520. The van der Waals surface area contributed by atoms with Crippen molar-refractivity contribution in [3.05, 3.63) is 41.7 Å². The smallest absolute Gasteiger partial charge is 0.314 e. The Morgan fingerprint density at radius 2 is 1.92 bits per heavy atom. The van der Waals surface area contributed by atoms with Gasteiger partial charge in [-0.3, -0.25) is 19.5 Å². The normalized spacial score (nSPS) is 18.4. The van der Waals surface area contributed by atoms with Gasteiger partial charge in [0, 0.05) is 24.5 Å². The largest absolute Gasteiger partial charge is 0.383 e. The summed E-state index contributed by atoms with van der Waals surface area (Å²) in [4.78, 5) is 51.9. The number of carbonyl (C=O) groups is 3. The van der Waals surface area contributed by atoms with Gasteiger partial charge in [-0.15, -0.1) is 11.3 Å². The fourth-order valence-electron chi connectivity index (χ4n) is 4.64. The molecule has 3 aromatic heterocycles. The van der Waals surface area contributed by atoms with Gasteiger partial charge in [0.2, 0.25) is 5.91 Å². The predicted molar refractivity (Wildman–Crippen MR) is 142 cm³/mol. The summed E-state index contributed by atoms with van der Waals surface area (Å²) < 4.78 is 1.02. The summed E-state index contributed by atoms with van der Waals surface area (Å²) in [6, 6.07) is 5.00. The van der Waals surface area contributed by atoms with E-state index in [1.54, 1.807) is 10.4 Å². The molecule has 5 rings (SSSR count). The summed E-state index contributed by atoms with van der Waals surface area (Å²) in [5, 5.41) is 9.94. The lowest BCUT2D eigenvalue weighted by atomic mass is 9.91. The molecular formula is C25H28N8O3S. The van der Waals surface area contributed by atoms with Crippen molar-refractivity contribution in [2.24, 2.45) is 5.41 Å². The molecule has 4 aromatic rings. The van der Waals surface area contributed by atoms with E-state index in [1.807, 2.05) is 45.9 Å². The molecule has 2 atom stereocenters. The number of aromatic amines is 1. The predicted octanol–water partition coefficient (Wildman–Crippen LogP) is 2.94. The van der Waals surface area contributed by atoms with Crippen molar-refractivity contribution in [1.29, 1.82) is 0 Å². The molecule has 1 saturated heterocycles. The molecule has 11 nitrogen and oxygen atoms in total. The average Bonchev–Trinajstić information content (AvgIpc) is 3.54. The van der Waals surface area contributed by atoms with Crippen molar-refractivity contribution in [2.45, 2.75) is 39.8 Å². The van der Waals surface area contributed by atoms with Crippen LogP contribution >= 0.6 is 11.3 Å². The number of pyridine rings is 1. The van der Waals surface area contributed by atoms with Gasteiger partial charge in [0.25, 0.3) is 0 Å². The zero-order valence-electron chi connectivity index (χ0n) is 21.0. The SMILES string of the molecule is C[C@@H]1CN(C(=O)C(=O)Nc2cnc(N)c3cn[nH]c23)[C@@H](c2ccc3scnc3c2)CN1C(=O)C(C)(C)C. The zero-order chi connectivity index (χ0) is 26.5. The van der Waals surface area contributed by atoms with E-state index in [4.69, 9.17) is 5.73 Å². The molecule has 0 saturated carbocycles. The molecule has 4 heterocycles. The fraction of sp³-hybridized carbons (Fsp3) is 0.360. The van der Waals surface area contributed by atoms with Gasteiger partial charge in [-0.2, -0.15) is 5.10 Å². The van der Waals surface area contributed by atoms with Gasteiger partial charge in [-0.05, 0) is 24.6 Å². The van der Waals surface area contributed by atoms with E-state index in [-0.39, 0.29) is 30.9 Å². The quantitative estimate of drug-likeness (QED) is 0.344. The molecule has 1 aliphatic heterocycles. The minimum Gasteiger partial charge on any atom is -0.383 e. The highest BCUT2D eigenvalue weighted by Gasteiger charge is 2.42. The summed E-state index contributed by atoms with van der Waals surface area (Å²) in [6.45, 7) is 7.98. The van der Waals surface area contributed by atoms with Crippen molar-refractivity contribution in [2.75, 3.05) is 24.1 Å². The number of thiazole rings is 1. The highest BCUT2D eigenvalue weighted by molar-refractivity contribution is 7.16. The van der Waals surface area contributed by atoms with Crippen LogP contribution in [0.15, 0.2) is 36.1 Å². The van der Waals surface area contributed by atoms with Gasteiger partial charge in [-0.25, -0.2) is 9.97 Å². The molecule has 4 N–H and O–H groups in total. The monoisotopic (exact) mass is 520 g/mol. The molecule has 0 spiro atoms. The van der Waals surface area contributed by atoms with Crippen LogP contribution in [0.25, 0.3) is 21.1 Å². The van der Waals surface area contributed by atoms with E-state index < -0.39 is 23.3 Å². The minimum absolute atomic E-state index is 0.00845. The fourth-order valence-corrected chi connectivity index (χ4v) is 5.29. The first kappa shape index (κ1) is 24.6. The van der Waals surface area contributed by atoms with E-state index in [0.29, 0.717) is 16.6 Å². The lowest BCUT2D eigenvalue weighted by molar-refractivity contribution is -0.154. The zero-order valence-corrected chi connectivity index (χ0v) is 21.8. The number of nitrogens with two attached hydrogens (primary N) is 1. The molecule has 3 amide bonds. The van der Waals surface area contributed by atoms with Crippen LogP contribution in [0, 0.1) is 5.41 Å². The molecule has 192 valence electrons. The summed E-state index contributed by atoms with van der Waals surface area (Å²) in [7, 11) is 0. The highest BCUT2D eigenvalue weighted by Crippen LogP contribution is 2.33. The first-order chi connectivity index (χ1) is 17.5. The maximum atomic E-state index is 13.6. The molecule has 0 radical (unpaired) electrons. The molecular weight excluding hydrogens is 492 g/mol. The number of hydrogen-bond acceptors (Lipinski definition) is 8. The Kier molecular flexibility index (Phi) is 6.06. The molecule has 0 unspecified atom stereocenters. The Morgan fingerprint density at radius 3 is 2.68 bits per heavy atom. The third kappa shape index (κ3) is 4.48. The van der Waals surface area contributed by atoms with Crippen LogP contribution in [0.2, 0.25) is 0 Å². The summed E-state index contributed by atoms with van der Waals surface area (Å²) in [6.07, 6.45) is 2.89. The number of aromatic nitrogens is 4. The minimum atomic E-state index is -0.815. The van der Waals surface area contributed by atoms with Crippen LogP contribution in [-0.2, 0) is 14.4 Å². The van der Waals surface area contributed by atoms with Gasteiger partial charge < -0.3 is 20.9 Å². The third-order valence-electron chi connectivity index (χ3n) is 6.60. The number of rotatable bonds is 2. The number of fused-ring (bicyclic) bond motifs is 2. The van der Waals surface area contributed by atoms with Crippen LogP contribution in [0.4, 0.5) is 11.5 Å². The second-order valence-electron chi connectivity index (χ2n) is 10.3. The van der Waals surface area contributed by atoms with Gasteiger partial charge in [-0.1, -0.05) is 26.8 Å². The maximum absolute atomic E-state index is 13.6. The molecule has 1 aromatic carbocycles. The second kappa shape index (κ2) is 9.11. The van der Waals surface area contributed by atoms with E-state index >= 15 is 0 Å². The number of nitrogens with one attached hydrogen (secondary N) is 2. The summed E-state index contributed by atoms with van der Waals surface area (Å²) >= 11 is 1.52.